The molecular formula is C35H40FN9O4. The van der Waals surface area contributed by atoms with Gasteiger partial charge in [-0.25, -0.2) is 14.4 Å². The Balaban J connectivity index is 0.988. The number of halogens is 1. The van der Waals surface area contributed by atoms with Crippen LogP contribution in [0.4, 0.5) is 21.7 Å². The second-order valence-corrected chi connectivity index (χ2v) is 13.8. The van der Waals surface area contributed by atoms with Crippen molar-refractivity contribution >= 4 is 29.1 Å². The van der Waals surface area contributed by atoms with E-state index in [4.69, 9.17) is 9.47 Å². The predicted molar refractivity (Wildman–Crippen MR) is 179 cm³/mol. The molecule has 5 heterocycles. The topological polar surface area (TPSA) is 149 Å². The fourth-order valence-corrected chi connectivity index (χ4v) is 7.02. The number of likely N-dealkylation sites (tertiary alicyclic amines) is 1. The summed E-state index contributed by atoms with van der Waals surface area (Å²) >= 11 is 0. The first-order valence-electron chi connectivity index (χ1n) is 16.7. The summed E-state index contributed by atoms with van der Waals surface area (Å²) in [5.74, 6) is 0.501. The van der Waals surface area contributed by atoms with Crippen LogP contribution in [-0.4, -0.2) is 113 Å². The zero-order chi connectivity index (χ0) is 34.1. The number of anilines is 3. The summed E-state index contributed by atoms with van der Waals surface area (Å²) in [5.41, 5.74) is 2.01. The number of carbonyl (C=O) groups is 2. The second-order valence-electron chi connectivity index (χ2n) is 13.8. The Labute approximate surface area is 284 Å². The fraction of sp³-hybridized carbons (Fsp3) is 0.486. The highest BCUT2D eigenvalue weighted by Gasteiger charge is 2.47. The number of hydrogen-bond acceptors (Lipinski definition) is 11. The number of piperazine rings is 1. The third-order valence-corrected chi connectivity index (χ3v) is 9.82. The highest BCUT2D eigenvalue weighted by molar-refractivity contribution is 5.91. The number of nitrogens with one attached hydrogen (secondary N) is 2. The molecule has 256 valence electrons. The summed E-state index contributed by atoms with van der Waals surface area (Å²) in [6.45, 7) is 9.45. The smallest absolute Gasteiger partial charge is 0.245 e. The molecule has 2 aromatic carbocycles. The molecule has 3 atom stereocenters. The number of nitriles is 1. The maximum Gasteiger partial charge on any atom is 0.245 e. The number of carbonyl (C=O) groups excluding carboxylic acids is 2. The molecule has 7 rings (SSSR count). The average Bonchev–Trinajstić information content (AvgIpc) is 3.52. The lowest BCUT2D eigenvalue weighted by Crippen LogP contribution is -2.61. The number of piperidine rings is 1. The predicted octanol–water partition coefficient (Wildman–Crippen LogP) is 2.91. The van der Waals surface area contributed by atoms with Crippen LogP contribution in [0.3, 0.4) is 0 Å². The number of alkyl halides is 1. The van der Waals surface area contributed by atoms with Crippen molar-refractivity contribution in [3.8, 4) is 23.2 Å². The zero-order valence-corrected chi connectivity index (χ0v) is 27.6. The molecule has 2 N–H and O–H groups in total. The Hall–Kier alpha value is -4.87. The van der Waals surface area contributed by atoms with Crippen molar-refractivity contribution in [2.75, 3.05) is 62.7 Å². The number of rotatable bonds is 8. The molecule has 0 saturated carbocycles. The van der Waals surface area contributed by atoms with E-state index in [1.54, 1.807) is 18.2 Å². The van der Waals surface area contributed by atoms with E-state index in [-0.39, 0.29) is 42.6 Å². The lowest BCUT2D eigenvalue weighted by molar-refractivity contribution is -0.144. The molecule has 1 aromatic heterocycles. The molecule has 4 saturated heterocycles. The van der Waals surface area contributed by atoms with E-state index in [1.807, 2.05) is 26.0 Å². The first-order valence-corrected chi connectivity index (χ1v) is 16.7. The van der Waals surface area contributed by atoms with Crippen LogP contribution in [0.25, 0.3) is 11.4 Å². The third kappa shape index (κ3) is 7.00. The van der Waals surface area contributed by atoms with E-state index in [0.717, 1.165) is 45.1 Å². The lowest BCUT2D eigenvalue weighted by Gasteiger charge is -2.46. The van der Waals surface area contributed by atoms with Crippen molar-refractivity contribution in [1.29, 1.82) is 5.26 Å². The van der Waals surface area contributed by atoms with Crippen molar-refractivity contribution < 1.29 is 23.5 Å². The molecule has 4 aliphatic heterocycles. The molecule has 0 spiro atoms. The van der Waals surface area contributed by atoms with Gasteiger partial charge in [-0.3, -0.25) is 14.5 Å². The Morgan fingerprint density at radius 3 is 2.55 bits per heavy atom. The minimum absolute atomic E-state index is 0.157. The molecule has 3 aromatic rings. The quantitative estimate of drug-likeness (QED) is 0.365. The maximum atomic E-state index is 15.6. The molecule has 2 amide bonds. The van der Waals surface area contributed by atoms with Crippen LogP contribution >= 0.6 is 0 Å². The largest absolute Gasteiger partial charge is 0.485 e. The standard InChI is InChI=1S/C35H40FN9O4/c1-35(2)20-45(33(47)28-8-10-30(46)41-28)17-27(36)31(35)49-29-9-3-22(15-23(29)16-37)32-38-21-39-34(42-32)40-24-4-6-25(7-5-24)43-11-13-44(14-12-43)26-18-48-19-26/h3-7,9,15,21,26-28,31H,8,10-14,17-20H2,1-2H3,(H,41,46)(H,38,39,40,42)/t27-,28+,31+/m1/s1. The molecule has 0 unspecified atom stereocenters. The van der Waals surface area contributed by atoms with Gasteiger partial charge in [0.25, 0.3) is 0 Å². The molecule has 0 bridgehead atoms. The first-order chi connectivity index (χ1) is 23.7. The Morgan fingerprint density at radius 1 is 1.12 bits per heavy atom. The van der Waals surface area contributed by atoms with E-state index in [0.29, 0.717) is 29.8 Å². The highest BCUT2D eigenvalue weighted by atomic mass is 19.1. The molecule has 4 aliphatic rings. The van der Waals surface area contributed by atoms with Gasteiger partial charge in [-0.15, -0.1) is 0 Å². The average molecular weight is 670 g/mol. The van der Waals surface area contributed by atoms with Crippen LogP contribution in [0, 0.1) is 16.7 Å². The van der Waals surface area contributed by atoms with E-state index >= 15 is 4.39 Å². The van der Waals surface area contributed by atoms with Crippen molar-refractivity contribution in [1.82, 2.24) is 30.1 Å². The normalized spacial score (nSPS) is 24.1. The molecule has 0 radical (unpaired) electrons. The fourth-order valence-electron chi connectivity index (χ4n) is 7.02. The van der Waals surface area contributed by atoms with Gasteiger partial charge >= 0.3 is 0 Å². The molecule has 49 heavy (non-hydrogen) atoms. The SMILES string of the molecule is CC1(C)CN(C(=O)[C@@H]2CCC(=O)N2)C[C@@H](F)[C@@H]1Oc1ccc(-c2ncnc(Nc3ccc(N4CCN(C5COC5)CC4)cc3)n2)cc1C#N. The van der Waals surface area contributed by atoms with Crippen molar-refractivity contribution in [3.63, 3.8) is 0 Å². The summed E-state index contributed by atoms with van der Waals surface area (Å²) in [6.07, 6.45) is -0.300. The monoisotopic (exact) mass is 669 g/mol. The molecule has 0 aliphatic carbocycles. The van der Waals surface area contributed by atoms with Crippen LogP contribution in [0.15, 0.2) is 48.8 Å². The number of nitrogens with zero attached hydrogens (tertiary/aromatic N) is 7. The summed E-state index contributed by atoms with van der Waals surface area (Å²) in [5, 5.41) is 15.9. The number of amides is 2. The van der Waals surface area contributed by atoms with Crippen molar-refractivity contribution in [2.24, 2.45) is 5.41 Å². The maximum absolute atomic E-state index is 15.6. The van der Waals surface area contributed by atoms with E-state index < -0.39 is 23.7 Å². The summed E-state index contributed by atoms with van der Waals surface area (Å²) < 4.78 is 27.2. The molecule has 4 fully saturated rings. The molecule has 13 nitrogen and oxygen atoms in total. The minimum Gasteiger partial charge on any atom is -0.485 e. The van der Waals surface area contributed by atoms with Crippen LogP contribution < -0.4 is 20.3 Å². The van der Waals surface area contributed by atoms with Gasteiger partial charge in [0.15, 0.2) is 12.0 Å². The van der Waals surface area contributed by atoms with Gasteiger partial charge in [0, 0.05) is 61.5 Å². The van der Waals surface area contributed by atoms with E-state index in [1.165, 1.54) is 16.9 Å². The number of benzene rings is 2. The van der Waals surface area contributed by atoms with Crippen LogP contribution in [0.5, 0.6) is 5.75 Å². The Bertz CT molecular complexity index is 1740. The molecular weight excluding hydrogens is 629 g/mol. The highest BCUT2D eigenvalue weighted by Crippen LogP contribution is 2.37. The summed E-state index contributed by atoms with van der Waals surface area (Å²) in [4.78, 5) is 44.1. The van der Waals surface area contributed by atoms with Crippen molar-refractivity contribution in [3.05, 3.63) is 54.4 Å². The van der Waals surface area contributed by atoms with Crippen LogP contribution in [-0.2, 0) is 14.3 Å². The van der Waals surface area contributed by atoms with Gasteiger partial charge in [-0.05, 0) is 48.9 Å². The summed E-state index contributed by atoms with van der Waals surface area (Å²) in [7, 11) is 0. The van der Waals surface area contributed by atoms with Crippen LogP contribution in [0.2, 0.25) is 0 Å². The number of hydrogen-bond donors (Lipinski definition) is 2. The Morgan fingerprint density at radius 2 is 1.90 bits per heavy atom. The van der Waals surface area contributed by atoms with Crippen LogP contribution in [0.1, 0.15) is 32.3 Å². The van der Waals surface area contributed by atoms with E-state index in [9.17, 15) is 14.9 Å². The van der Waals surface area contributed by atoms with Gasteiger partial charge in [-0.2, -0.15) is 10.2 Å². The van der Waals surface area contributed by atoms with Gasteiger partial charge in [0.1, 0.15) is 30.3 Å². The number of aromatic nitrogens is 3. The van der Waals surface area contributed by atoms with Gasteiger partial charge < -0.3 is 29.9 Å². The van der Waals surface area contributed by atoms with Gasteiger partial charge in [0.2, 0.25) is 17.8 Å². The lowest BCUT2D eigenvalue weighted by atomic mass is 9.79. The minimum atomic E-state index is -1.50. The van der Waals surface area contributed by atoms with Gasteiger partial charge in [-0.1, -0.05) is 13.8 Å². The molecule has 14 heteroatoms. The summed E-state index contributed by atoms with van der Waals surface area (Å²) in [6, 6.07) is 15.2. The zero-order valence-electron chi connectivity index (χ0n) is 27.6. The Kier molecular flexibility index (Phi) is 9.04. The first kappa shape index (κ1) is 32.7. The number of ether oxygens (including phenoxy) is 2. The van der Waals surface area contributed by atoms with Crippen molar-refractivity contribution in [2.45, 2.75) is 51.0 Å². The third-order valence-electron chi connectivity index (χ3n) is 9.82. The van der Waals surface area contributed by atoms with Gasteiger partial charge in [0.05, 0.1) is 31.4 Å². The van der Waals surface area contributed by atoms with E-state index in [2.05, 4.69) is 53.6 Å². The second kappa shape index (κ2) is 13.6.